The number of pyridine rings is 1. The van der Waals surface area contributed by atoms with Crippen molar-refractivity contribution in [2.75, 3.05) is 19.0 Å². The van der Waals surface area contributed by atoms with Crippen LogP contribution >= 0.6 is 0 Å². The monoisotopic (exact) mass is 216 g/mol. The van der Waals surface area contributed by atoms with Crippen LogP contribution in [0.5, 0.6) is 0 Å². The Kier molecular flexibility index (Phi) is 3.37. The summed E-state index contributed by atoms with van der Waals surface area (Å²) in [4.78, 5) is 4.22. The van der Waals surface area contributed by atoms with Crippen LogP contribution < -0.4 is 5.32 Å². The molecule has 3 nitrogen and oxygen atoms in total. The molecule has 0 radical (unpaired) electrons. The second-order valence-corrected chi connectivity index (χ2v) is 3.91. The highest BCUT2D eigenvalue weighted by Gasteiger charge is 2.04. The standard InChI is InChI=1S/C13H16N2O/c1-10(9-16-2)15-13-8-14-7-11-5-3-4-6-12(11)13/h3-8,10,15H,9H2,1-2H3. The first-order valence-corrected chi connectivity index (χ1v) is 5.39. The highest BCUT2D eigenvalue weighted by atomic mass is 16.5. The quantitative estimate of drug-likeness (QED) is 0.853. The molecule has 0 amide bonds. The second kappa shape index (κ2) is 4.94. The molecule has 0 bridgehead atoms. The topological polar surface area (TPSA) is 34.1 Å². The van der Waals surface area contributed by atoms with Crippen LogP contribution in [0.4, 0.5) is 5.69 Å². The fourth-order valence-corrected chi connectivity index (χ4v) is 1.79. The minimum atomic E-state index is 0.276. The van der Waals surface area contributed by atoms with E-state index in [0.29, 0.717) is 6.61 Å². The molecule has 1 N–H and O–H groups in total. The van der Waals surface area contributed by atoms with Crippen LogP contribution in [0.1, 0.15) is 6.92 Å². The van der Waals surface area contributed by atoms with Gasteiger partial charge < -0.3 is 10.1 Å². The zero-order chi connectivity index (χ0) is 11.4. The highest BCUT2D eigenvalue weighted by Crippen LogP contribution is 2.21. The Hall–Kier alpha value is -1.61. The van der Waals surface area contributed by atoms with Crippen molar-refractivity contribution in [3.63, 3.8) is 0 Å². The van der Waals surface area contributed by atoms with Crippen molar-refractivity contribution in [2.24, 2.45) is 0 Å². The smallest absolute Gasteiger partial charge is 0.0661 e. The summed E-state index contributed by atoms with van der Waals surface area (Å²) in [5.41, 5.74) is 1.06. The van der Waals surface area contributed by atoms with Gasteiger partial charge in [0.25, 0.3) is 0 Å². The number of fused-ring (bicyclic) bond motifs is 1. The van der Waals surface area contributed by atoms with Crippen LogP contribution in [-0.4, -0.2) is 24.7 Å². The number of anilines is 1. The SMILES string of the molecule is COCC(C)Nc1cncc2ccccc12. The number of benzene rings is 1. The molecule has 0 aliphatic carbocycles. The van der Waals surface area contributed by atoms with Gasteiger partial charge in [-0.3, -0.25) is 4.98 Å². The van der Waals surface area contributed by atoms with Gasteiger partial charge in [-0.05, 0) is 6.92 Å². The molecule has 84 valence electrons. The lowest BCUT2D eigenvalue weighted by molar-refractivity contribution is 0.190. The van der Waals surface area contributed by atoms with Crippen molar-refractivity contribution >= 4 is 16.5 Å². The summed E-state index contributed by atoms with van der Waals surface area (Å²) >= 11 is 0. The molecule has 2 aromatic rings. The number of hydrogen-bond donors (Lipinski definition) is 1. The van der Waals surface area contributed by atoms with Crippen LogP contribution in [-0.2, 0) is 4.74 Å². The van der Waals surface area contributed by atoms with Crippen LogP contribution in [0, 0.1) is 0 Å². The van der Waals surface area contributed by atoms with E-state index >= 15 is 0 Å². The van der Waals surface area contributed by atoms with E-state index in [-0.39, 0.29) is 6.04 Å². The third kappa shape index (κ3) is 2.31. The summed E-state index contributed by atoms with van der Waals surface area (Å²) in [6, 6.07) is 8.49. The highest BCUT2D eigenvalue weighted by molar-refractivity contribution is 5.92. The lowest BCUT2D eigenvalue weighted by Gasteiger charge is -2.15. The third-order valence-electron chi connectivity index (χ3n) is 2.49. The second-order valence-electron chi connectivity index (χ2n) is 3.91. The summed E-state index contributed by atoms with van der Waals surface area (Å²) < 4.78 is 5.10. The molecule has 1 aromatic carbocycles. The Labute approximate surface area is 95.5 Å². The fraction of sp³-hybridized carbons (Fsp3) is 0.308. The Morgan fingerprint density at radius 2 is 2.12 bits per heavy atom. The fourth-order valence-electron chi connectivity index (χ4n) is 1.79. The van der Waals surface area contributed by atoms with E-state index < -0.39 is 0 Å². The van der Waals surface area contributed by atoms with Crippen molar-refractivity contribution < 1.29 is 4.74 Å². The van der Waals surface area contributed by atoms with Gasteiger partial charge in [0.1, 0.15) is 0 Å². The number of methoxy groups -OCH3 is 1. The lowest BCUT2D eigenvalue weighted by Crippen LogP contribution is -2.20. The number of nitrogens with zero attached hydrogens (tertiary/aromatic N) is 1. The predicted octanol–water partition coefficient (Wildman–Crippen LogP) is 2.68. The summed E-state index contributed by atoms with van der Waals surface area (Å²) in [6.45, 7) is 2.77. The molecule has 1 unspecified atom stereocenters. The maximum atomic E-state index is 5.10. The number of aromatic nitrogens is 1. The maximum absolute atomic E-state index is 5.10. The zero-order valence-electron chi connectivity index (χ0n) is 9.60. The molecule has 1 atom stereocenters. The lowest BCUT2D eigenvalue weighted by atomic mass is 10.1. The number of nitrogens with one attached hydrogen (secondary N) is 1. The average Bonchev–Trinajstić information content (AvgIpc) is 2.30. The van der Waals surface area contributed by atoms with Crippen LogP contribution in [0.25, 0.3) is 10.8 Å². The van der Waals surface area contributed by atoms with Crippen LogP contribution in [0.3, 0.4) is 0 Å². The van der Waals surface area contributed by atoms with Gasteiger partial charge in [0.05, 0.1) is 18.5 Å². The number of ether oxygens (including phenoxy) is 1. The summed E-state index contributed by atoms with van der Waals surface area (Å²) in [6.07, 6.45) is 3.73. The van der Waals surface area contributed by atoms with E-state index in [1.165, 1.54) is 5.39 Å². The van der Waals surface area contributed by atoms with Gasteiger partial charge >= 0.3 is 0 Å². The Balaban J connectivity index is 2.30. The maximum Gasteiger partial charge on any atom is 0.0661 e. The minimum Gasteiger partial charge on any atom is -0.383 e. The molecule has 0 saturated carbocycles. The molecule has 0 fully saturated rings. The molecule has 1 aromatic heterocycles. The largest absolute Gasteiger partial charge is 0.383 e. The summed E-state index contributed by atoms with van der Waals surface area (Å²) in [5.74, 6) is 0. The zero-order valence-corrected chi connectivity index (χ0v) is 9.60. The van der Waals surface area contributed by atoms with Crippen molar-refractivity contribution in [1.29, 1.82) is 0 Å². The molecule has 0 aliphatic rings. The molecule has 0 aliphatic heterocycles. The number of rotatable bonds is 4. The predicted molar refractivity (Wildman–Crippen MR) is 66.7 cm³/mol. The molecule has 3 heteroatoms. The van der Waals surface area contributed by atoms with E-state index in [2.05, 4.69) is 29.4 Å². The molecular weight excluding hydrogens is 200 g/mol. The normalized spacial score (nSPS) is 12.6. The van der Waals surface area contributed by atoms with Gasteiger partial charge in [0.15, 0.2) is 0 Å². The summed E-state index contributed by atoms with van der Waals surface area (Å²) in [5, 5.41) is 5.74. The third-order valence-corrected chi connectivity index (χ3v) is 2.49. The van der Waals surface area contributed by atoms with Crippen LogP contribution in [0.15, 0.2) is 36.7 Å². The van der Waals surface area contributed by atoms with E-state index in [9.17, 15) is 0 Å². The number of hydrogen-bond acceptors (Lipinski definition) is 3. The Morgan fingerprint density at radius 3 is 2.94 bits per heavy atom. The molecule has 0 saturated heterocycles. The first-order valence-electron chi connectivity index (χ1n) is 5.39. The first-order chi connectivity index (χ1) is 7.81. The van der Waals surface area contributed by atoms with E-state index in [0.717, 1.165) is 11.1 Å². The van der Waals surface area contributed by atoms with Gasteiger partial charge in [0, 0.05) is 30.1 Å². The van der Waals surface area contributed by atoms with Gasteiger partial charge in [-0.1, -0.05) is 24.3 Å². The van der Waals surface area contributed by atoms with Gasteiger partial charge in [-0.25, -0.2) is 0 Å². The van der Waals surface area contributed by atoms with Gasteiger partial charge in [-0.15, -0.1) is 0 Å². The van der Waals surface area contributed by atoms with Crippen LogP contribution in [0.2, 0.25) is 0 Å². The Morgan fingerprint density at radius 1 is 1.31 bits per heavy atom. The summed E-state index contributed by atoms with van der Waals surface area (Å²) in [7, 11) is 1.71. The molecule has 16 heavy (non-hydrogen) atoms. The average molecular weight is 216 g/mol. The first kappa shape index (κ1) is 10.9. The minimum absolute atomic E-state index is 0.276. The van der Waals surface area contributed by atoms with Crippen molar-refractivity contribution in [3.05, 3.63) is 36.7 Å². The van der Waals surface area contributed by atoms with E-state index in [4.69, 9.17) is 4.74 Å². The van der Waals surface area contributed by atoms with E-state index in [1.54, 1.807) is 7.11 Å². The van der Waals surface area contributed by atoms with Crippen molar-refractivity contribution in [1.82, 2.24) is 4.98 Å². The molecule has 0 spiro atoms. The van der Waals surface area contributed by atoms with Crippen molar-refractivity contribution in [2.45, 2.75) is 13.0 Å². The van der Waals surface area contributed by atoms with Gasteiger partial charge in [0.2, 0.25) is 0 Å². The Bertz CT molecular complexity index is 465. The van der Waals surface area contributed by atoms with E-state index in [1.807, 2.05) is 24.5 Å². The van der Waals surface area contributed by atoms with Gasteiger partial charge in [-0.2, -0.15) is 0 Å². The molecule has 2 rings (SSSR count). The van der Waals surface area contributed by atoms with Crippen molar-refractivity contribution in [3.8, 4) is 0 Å². The molecular formula is C13H16N2O. The molecule has 1 heterocycles.